The number of aromatic nitrogens is 1. The first-order valence-corrected chi connectivity index (χ1v) is 7.58. The highest BCUT2D eigenvalue weighted by Gasteiger charge is 2.25. The molecular weight excluding hydrogens is 232 g/mol. The van der Waals surface area contributed by atoms with Crippen LogP contribution in [0.1, 0.15) is 29.3 Å². The molecule has 1 unspecified atom stereocenters. The highest BCUT2D eigenvalue weighted by atomic mass is 15.0. The molecule has 1 N–H and O–H groups in total. The van der Waals surface area contributed by atoms with E-state index in [1.54, 1.807) is 27.7 Å². The predicted octanol–water partition coefficient (Wildman–Crippen LogP) is 2.83. The van der Waals surface area contributed by atoms with Crippen LogP contribution in [-0.4, -0.2) is 17.7 Å². The summed E-state index contributed by atoms with van der Waals surface area (Å²) in [6, 6.07) is 4.82. The molecule has 0 bridgehead atoms. The summed E-state index contributed by atoms with van der Waals surface area (Å²) in [7, 11) is 0. The van der Waals surface area contributed by atoms with E-state index in [9.17, 15) is 0 Å². The Balaban J connectivity index is 2.07. The van der Waals surface area contributed by atoms with Gasteiger partial charge in [-0.2, -0.15) is 0 Å². The Morgan fingerprint density at radius 2 is 2.05 bits per heavy atom. The molecule has 1 aromatic heterocycles. The number of nitrogens with zero attached hydrogens (tertiary/aromatic N) is 1. The van der Waals surface area contributed by atoms with Gasteiger partial charge in [0.2, 0.25) is 0 Å². The van der Waals surface area contributed by atoms with E-state index < -0.39 is 0 Å². The maximum Gasteiger partial charge on any atom is 0.0518 e. The number of aryl methyl sites for hydroxylation is 1. The van der Waals surface area contributed by atoms with Gasteiger partial charge in [0.05, 0.1) is 5.52 Å². The molecule has 2 heteroatoms. The van der Waals surface area contributed by atoms with Crippen LogP contribution in [0.3, 0.4) is 0 Å². The Labute approximate surface area is 114 Å². The third kappa shape index (κ3) is 1.66. The lowest BCUT2D eigenvalue weighted by molar-refractivity contribution is 0.460. The van der Waals surface area contributed by atoms with Gasteiger partial charge in [-0.1, -0.05) is 18.6 Å². The van der Waals surface area contributed by atoms with Crippen LogP contribution in [0.4, 0.5) is 0 Å². The van der Waals surface area contributed by atoms with Crippen molar-refractivity contribution in [2.45, 2.75) is 39.7 Å². The van der Waals surface area contributed by atoms with Crippen LogP contribution >= 0.6 is 0 Å². The monoisotopic (exact) mass is 254 g/mol. The van der Waals surface area contributed by atoms with Crippen LogP contribution in [0.25, 0.3) is 10.9 Å². The van der Waals surface area contributed by atoms with Crippen LogP contribution in [0.5, 0.6) is 0 Å². The van der Waals surface area contributed by atoms with Crippen molar-refractivity contribution in [3.05, 3.63) is 34.5 Å². The molecule has 2 aromatic rings. The zero-order chi connectivity index (χ0) is 13.0. The van der Waals surface area contributed by atoms with E-state index in [0.29, 0.717) is 0 Å². The second-order valence-electron chi connectivity index (χ2n) is 6.42. The Morgan fingerprint density at radius 3 is 2.95 bits per heavy atom. The molecule has 0 radical (unpaired) electrons. The predicted molar refractivity (Wildman–Crippen MR) is 79.8 cm³/mol. The molecule has 1 aromatic carbocycles. The lowest BCUT2D eigenvalue weighted by atomic mass is 9.94. The largest absolute Gasteiger partial charge is 0.344 e. The van der Waals surface area contributed by atoms with Crippen molar-refractivity contribution in [1.82, 2.24) is 9.88 Å². The number of rotatable bonds is 0. The van der Waals surface area contributed by atoms with Gasteiger partial charge >= 0.3 is 0 Å². The second-order valence-corrected chi connectivity index (χ2v) is 6.42. The SMILES string of the molecule is Cc1cc2c3c(c1)c1c(n3CC(C)C2)CCNCC1. The highest BCUT2D eigenvalue weighted by molar-refractivity contribution is 5.89. The van der Waals surface area contributed by atoms with Crippen LogP contribution in [0.2, 0.25) is 0 Å². The van der Waals surface area contributed by atoms with Gasteiger partial charge in [0.25, 0.3) is 0 Å². The summed E-state index contributed by atoms with van der Waals surface area (Å²) in [4.78, 5) is 0. The van der Waals surface area contributed by atoms with Crippen molar-refractivity contribution in [2.24, 2.45) is 5.92 Å². The third-order valence-corrected chi connectivity index (χ3v) is 4.76. The van der Waals surface area contributed by atoms with Crippen molar-refractivity contribution in [3.63, 3.8) is 0 Å². The zero-order valence-electron chi connectivity index (χ0n) is 11.9. The Hall–Kier alpha value is -1.28. The standard InChI is InChI=1S/C17H22N2/c1-11-7-13-8-12(2)10-19-16-4-6-18-5-3-14(16)15(9-11)17(13)19/h7,9,12,18H,3-6,8,10H2,1-2H3. The number of nitrogens with one attached hydrogen (secondary N) is 1. The van der Waals surface area contributed by atoms with Crippen molar-refractivity contribution in [3.8, 4) is 0 Å². The van der Waals surface area contributed by atoms with Gasteiger partial charge in [-0.05, 0) is 49.4 Å². The molecule has 19 heavy (non-hydrogen) atoms. The van der Waals surface area contributed by atoms with Gasteiger partial charge in [-0.25, -0.2) is 0 Å². The quantitative estimate of drug-likeness (QED) is 0.765. The molecule has 100 valence electrons. The minimum atomic E-state index is 0.769. The van der Waals surface area contributed by atoms with Crippen molar-refractivity contribution in [1.29, 1.82) is 0 Å². The maximum absolute atomic E-state index is 3.54. The van der Waals surface area contributed by atoms with Gasteiger partial charge in [-0.15, -0.1) is 0 Å². The zero-order valence-corrected chi connectivity index (χ0v) is 11.9. The molecule has 1 atom stereocenters. The maximum atomic E-state index is 3.54. The van der Waals surface area contributed by atoms with Crippen LogP contribution < -0.4 is 5.32 Å². The summed E-state index contributed by atoms with van der Waals surface area (Å²) in [5.74, 6) is 0.769. The van der Waals surface area contributed by atoms with Crippen LogP contribution in [0.15, 0.2) is 12.1 Å². The molecule has 0 fully saturated rings. The Kier molecular flexibility index (Phi) is 2.49. The van der Waals surface area contributed by atoms with Gasteiger partial charge in [0.15, 0.2) is 0 Å². The van der Waals surface area contributed by atoms with Crippen molar-refractivity contribution >= 4 is 10.9 Å². The van der Waals surface area contributed by atoms with E-state index >= 15 is 0 Å². The van der Waals surface area contributed by atoms with E-state index in [0.717, 1.165) is 19.0 Å². The fraction of sp³-hybridized carbons (Fsp3) is 0.529. The van der Waals surface area contributed by atoms with E-state index in [1.807, 2.05) is 0 Å². The molecule has 4 rings (SSSR count). The average Bonchev–Trinajstić information content (AvgIpc) is 2.55. The molecule has 0 saturated carbocycles. The third-order valence-electron chi connectivity index (χ3n) is 4.76. The summed E-state index contributed by atoms with van der Waals surface area (Å²) < 4.78 is 2.64. The smallest absolute Gasteiger partial charge is 0.0518 e. The van der Waals surface area contributed by atoms with E-state index in [4.69, 9.17) is 0 Å². The highest BCUT2D eigenvalue weighted by Crippen LogP contribution is 2.36. The Bertz CT molecular complexity index is 651. The summed E-state index contributed by atoms with van der Waals surface area (Å²) in [6.07, 6.45) is 3.63. The first kappa shape index (κ1) is 11.5. The summed E-state index contributed by atoms with van der Waals surface area (Å²) in [6.45, 7) is 8.10. The second kappa shape index (κ2) is 4.11. The fourth-order valence-electron chi connectivity index (χ4n) is 4.07. The lowest BCUT2D eigenvalue weighted by Crippen LogP contribution is -2.20. The minimum absolute atomic E-state index is 0.769. The molecule has 2 aliphatic rings. The number of benzene rings is 1. The van der Waals surface area contributed by atoms with Crippen LogP contribution in [0, 0.1) is 12.8 Å². The Morgan fingerprint density at radius 1 is 1.21 bits per heavy atom. The molecule has 0 amide bonds. The summed E-state index contributed by atoms with van der Waals surface area (Å²) in [5.41, 5.74) is 7.79. The molecular formula is C17H22N2. The van der Waals surface area contributed by atoms with Gasteiger partial charge < -0.3 is 9.88 Å². The molecule has 0 saturated heterocycles. The molecule has 2 nitrogen and oxygen atoms in total. The summed E-state index contributed by atoms with van der Waals surface area (Å²) >= 11 is 0. The molecule has 2 aliphatic heterocycles. The topological polar surface area (TPSA) is 17.0 Å². The number of hydrogen-bond acceptors (Lipinski definition) is 1. The minimum Gasteiger partial charge on any atom is -0.344 e. The van der Waals surface area contributed by atoms with Crippen molar-refractivity contribution in [2.75, 3.05) is 13.1 Å². The van der Waals surface area contributed by atoms with Crippen molar-refractivity contribution < 1.29 is 0 Å². The normalized spacial score (nSPS) is 22.3. The summed E-state index contributed by atoms with van der Waals surface area (Å²) in [5, 5.41) is 5.08. The van der Waals surface area contributed by atoms with Gasteiger partial charge in [-0.3, -0.25) is 0 Å². The first-order chi connectivity index (χ1) is 9.24. The van der Waals surface area contributed by atoms with Gasteiger partial charge in [0.1, 0.15) is 0 Å². The van der Waals surface area contributed by atoms with E-state index in [-0.39, 0.29) is 0 Å². The van der Waals surface area contributed by atoms with E-state index in [2.05, 4.69) is 35.9 Å². The average molecular weight is 254 g/mol. The lowest BCUT2D eigenvalue weighted by Gasteiger charge is -2.24. The fourth-order valence-corrected chi connectivity index (χ4v) is 4.07. The molecule has 3 heterocycles. The van der Waals surface area contributed by atoms with Gasteiger partial charge in [0, 0.05) is 30.6 Å². The van der Waals surface area contributed by atoms with E-state index in [1.165, 1.54) is 31.4 Å². The number of hydrogen-bond donors (Lipinski definition) is 1. The molecule has 0 aliphatic carbocycles. The van der Waals surface area contributed by atoms with Crippen LogP contribution in [-0.2, 0) is 25.8 Å². The molecule has 0 spiro atoms. The number of fused-ring (bicyclic) bond motifs is 3. The first-order valence-electron chi connectivity index (χ1n) is 7.58.